The number of hydrogen-bond donors (Lipinski definition) is 2. The summed E-state index contributed by atoms with van der Waals surface area (Å²) >= 11 is 0. The van der Waals surface area contributed by atoms with Crippen LogP contribution >= 0.6 is 0 Å². The van der Waals surface area contributed by atoms with E-state index in [-0.39, 0.29) is 24.7 Å². The Morgan fingerprint density at radius 3 is 1.91 bits per heavy atom. The van der Waals surface area contributed by atoms with Gasteiger partial charge in [-0.1, -0.05) is 82.8 Å². The molecule has 0 unspecified atom stereocenters. The number of aliphatic hydroxyl groups is 2. The second-order valence-electron chi connectivity index (χ2n) is 5.32. The lowest BCUT2D eigenvalue weighted by atomic mass is 9.96. The highest BCUT2D eigenvalue weighted by Gasteiger charge is 2.17. The lowest BCUT2D eigenvalue weighted by Gasteiger charge is -2.11. The highest BCUT2D eigenvalue weighted by Crippen LogP contribution is 2.18. The van der Waals surface area contributed by atoms with E-state index >= 15 is 0 Å². The summed E-state index contributed by atoms with van der Waals surface area (Å²) in [6, 6.07) is 17.0. The van der Waals surface area contributed by atoms with Gasteiger partial charge in [-0.15, -0.1) is 0 Å². The molecule has 126 valence electrons. The fourth-order valence-electron chi connectivity index (χ4n) is 1.97. The Morgan fingerprint density at radius 1 is 0.957 bits per heavy atom. The standard InChI is InChI=1S/C11H14O3.C8H10.CH4/c1-7(2)10(12)8-5-3-4-6-9(8)11(13)14;1-2-8-6-4-3-5-7-8;/h3-7,11,13-14H,1-2H3;3-7H,2H2,1H3;1H4. The molecule has 2 aromatic rings. The summed E-state index contributed by atoms with van der Waals surface area (Å²) < 4.78 is 0. The molecule has 0 aliphatic heterocycles. The Bertz CT molecular complexity index is 574. The van der Waals surface area contributed by atoms with E-state index in [1.54, 1.807) is 38.1 Å². The van der Waals surface area contributed by atoms with E-state index in [4.69, 9.17) is 10.2 Å². The molecule has 0 spiro atoms. The van der Waals surface area contributed by atoms with Gasteiger partial charge >= 0.3 is 0 Å². The van der Waals surface area contributed by atoms with E-state index in [1.807, 2.05) is 6.07 Å². The maximum Gasteiger partial charge on any atom is 0.179 e. The van der Waals surface area contributed by atoms with Crippen LogP contribution in [0.4, 0.5) is 0 Å². The van der Waals surface area contributed by atoms with E-state index in [1.165, 1.54) is 5.56 Å². The van der Waals surface area contributed by atoms with Crippen molar-refractivity contribution in [1.82, 2.24) is 0 Å². The van der Waals surface area contributed by atoms with Crippen molar-refractivity contribution in [2.75, 3.05) is 0 Å². The van der Waals surface area contributed by atoms with E-state index in [0.717, 1.165) is 6.42 Å². The number of Topliss-reactive ketones (excluding diaryl/α,β-unsaturated/α-hetero) is 1. The zero-order chi connectivity index (χ0) is 16.5. The summed E-state index contributed by atoms with van der Waals surface area (Å²) in [4.78, 5) is 11.6. The van der Waals surface area contributed by atoms with Gasteiger partial charge in [0.15, 0.2) is 12.1 Å². The third-order valence-corrected chi connectivity index (χ3v) is 3.28. The first-order valence-electron chi connectivity index (χ1n) is 7.50. The van der Waals surface area contributed by atoms with Gasteiger partial charge in [0.25, 0.3) is 0 Å². The molecule has 0 heterocycles. The van der Waals surface area contributed by atoms with Crippen molar-refractivity contribution in [3.05, 3.63) is 71.3 Å². The molecule has 0 aromatic heterocycles. The minimum atomic E-state index is -1.59. The van der Waals surface area contributed by atoms with Crippen LogP contribution in [0.1, 0.15) is 56.0 Å². The van der Waals surface area contributed by atoms with Crippen molar-refractivity contribution < 1.29 is 15.0 Å². The van der Waals surface area contributed by atoms with E-state index in [0.29, 0.717) is 5.56 Å². The monoisotopic (exact) mass is 316 g/mol. The average molecular weight is 316 g/mol. The van der Waals surface area contributed by atoms with Crippen molar-refractivity contribution in [2.24, 2.45) is 5.92 Å². The van der Waals surface area contributed by atoms with Gasteiger partial charge in [-0.25, -0.2) is 0 Å². The lowest BCUT2D eigenvalue weighted by molar-refractivity contribution is -0.0429. The van der Waals surface area contributed by atoms with Gasteiger partial charge in [-0.2, -0.15) is 0 Å². The van der Waals surface area contributed by atoms with Crippen LogP contribution in [0.5, 0.6) is 0 Å². The molecular formula is C20H28O3. The topological polar surface area (TPSA) is 57.5 Å². The van der Waals surface area contributed by atoms with E-state index in [9.17, 15) is 4.79 Å². The Morgan fingerprint density at radius 2 is 1.48 bits per heavy atom. The molecule has 0 atom stereocenters. The number of carbonyl (C=O) groups is 1. The fraction of sp³-hybridized carbons (Fsp3) is 0.350. The molecule has 0 aliphatic carbocycles. The number of carbonyl (C=O) groups excluding carboxylic acids is 1. The molecule has 0 saturated carbocycles. The predicted molar refractivity (Wildman–Crippen MR) is 95.3 cm³/mol. The zero-order valence-electron chi connectivity index (χ0n) is 13.4. The summed E-state index contributed by atoms with van der Waals surface area (Å²) in [5.41, 5.74) is 2.07. The van der Waals surface area contributed by atoms with Crippen LogP contribution in [-0.4, -0.2) is 16.0 Å². The van der Waals surface area contributed by atoms with Crippen LogP contribution in [0.15, 0.2) is 54.6 Å². The smallest absolute Gasteiger partial charge is 0.179 e. The quantitative estimate of drug-likeness (QED) is 0.649. The maximum atomic E-state index is 11.6. The Kier molecular flexibility index (Phi) is 9.79. The summed E-state index contributed by atoms with van der Waals surface area (Å²) in [5.74, 6) is -0.219. The van der Waals surface area contributed by atoms with E-state index < -0.39 is 6.29 Å². The van der Waals surface area contributed by atoms with Crippen molar-refractivity contribution in [3.63, 3.8) is 0 Å². The molecule has 0 radical (unpaired) electrons. The molecule has 23 heavy (non-hydrogen) atoms. The van der Waals surface area contributed by atoms with Gasteiger partial charge < -0.3 is 10.2 Å². The number of hydrogen-bond acceptors (Lipinski definition) is 3. The molecule has 3 heteroatoms. The number of benzene rings is 2. The molecule has 2 N–H and O–H groups in total. The molecule has 0 saturated heterocycles. The second-order valence-corrected chi connectivity index (χ2v) is 5.32. The first-order chi connectivity index (χ1) is 10.5. The summed E-state index contributed by atoms with van der Waals surface area (Å²) in [6.45, 7) is 5.72. The molecule has 0 aliphatic rings. The van der Waals surface area contributed by atoms with Crippen LogP contribution in [0.3, 0.4) is 0 Å². The third-order valence-electron chi connectivity index (χ3n) is 3.28. The van der Waals surface area contributed by atoms with Crippen LogP contribution in [0, 0.1) is 5.92 Å². The van der Waals surface area contributed by atoms with Crippen LogP contribution in [0.2, 0.25) is 0 Å². The number of aryl methyl sites for hydroxylation is 1. The lowest BCUT2D eigenvalue weighted by Crippen LogP contribution is -2.12. The Hall–Kier alpha value is -1.97. The van der Waals surface area contributed by atoms with Gasteiger partial charge in [0.1, 0.15) is 0 Å². The molecule has 0 bridgehead atoms. The second kappa shape index (κ2) is 10.7. The minimum absolute atomic E-state index is 0. The van der Waals surface area contributed by atoms with Gasteiger partial charge in [-0.05, 0) is 12.0 Å². The van der Waals surface area contributed by atoms with Crippen molar-refractivity contribution >= 4 is 5.78 Å². The summed E-state index contributed by atoms with van der Waals surface area (Å²) in [6.07, 6.45) is -0.449. The van der Waals surface area contributed by atoms with Crippen molar-refractivity contribution in [1.29, 1.82) is 0 Å². The van der Waals surface area contributed by atoms with Gasteiger partial charge in [-0.3, -0.25) is 4.79 Å². The number of rotatable bonds is 4. The zero-order valence-corrected chi connectivity index (χ0v) is 13.4. The Balaban J connectivity index is 0.000000460. The molecule has 0 amide bonds. The Labute approximate surface area is 139 Å². The first-order valence-corrected chi connectivity index (χ1v) is 7.50. The van der Waals surface area contributed by atoms with Crippen molar-refractivity contribution in [2.45, 2.75) is 40.9 Å². The molecule has 2 aromatic carbocycles. The minimum Gasteiger partial charge on any atom is -0.364 e. The summed E-state index contributed by atoms with van der Waals surface area (Å²) in [5, 5.41) is 18.1. The molecule has 0 fully saturated rings. The average Bonchev–Trinajstić information content (AvgIpc) is 2.55. The van der Waals surface area contributed by atoms with E-state index in [2.05, 4.69) is 31.2 Å². The largest absolute Gasteiger partial charge is 0.364 e. The third kappa shape index (κ3) is 6.76. The van der Waals surface area contributed by atoms with Gasteiger partial charge in [0.2, 0.25) is 0 Å². The van der Waals surface area contributed by atoms with Crippen LogP contribution < -0.4 is 0 Å². The maximum absolute atomic E-state index is 11.6. The molecule has 3 nitrogen and oxygen atoms in total. The highest BCUT2D eigenvalue weighted by atomic mass is 16.5. The van der Waals surface area contributed by atoms with Crippen molar-refractivity contribution in [3.8, 4) is 0 Å². The normalized spacial score (nSPS) is 9.87. The fourth-order valence-corrected chi connectivity index (χ4v) is 1.97. The summed E-state index contributed by atoms with van der Waals surface area (Å²) in [7, 11) is 0. The number of ketones is 1. The number of aliphatic hydroxyl groups excluding tert-OH is 1. The highest BCUT2D eigenvalue weighted by molar-refractivity contribution is 5.98. The molecule has 2 rings (SSSR count). The molecular weight excluding hydrogens is 288 g/mol. The SMILES string of the molecule is C.CC(C)C(=O)c1ccccc1C(O)O.CCc1ccccc1. The van der Waals surface area contributed by atoms with Gasteiger partial charge in [0.05, 0.1) is 0 Å². The van der Waals surface area contributed by atoms with Gasteiger partial charge in [0, 0.05) is 17.0 Å². The van der Waals surface area contributed by atoms with Crippen LogP contribution in [0.25, 0.3) is 0 Å². The first kappa shape index (κ1) is 21.0. The van der Waals surface area contributed by atoms with Crippen LogP contribution in [-0.2, 0) is 6.42 Å². The predicted octanol–water partition coefficient (Wildman–Crippen LogP) is 4.39.